The van der Waals surface area contributed by atoms with Gasteiger partial charge in [0.1, 0.15) is 0 Å². The van der Waals surface area contributed by atoms with Gasteiger partial charge in [0.05, 0.1) is 11.5 Å². The zero-order valence-electron chi connectivity index (χ0n) is 14.6. The van der Waals surface area contributed by atoms with Crippen molar-refractivity contribution < 1.29 is 9.59 Å². The molecule has 7 heteroatoms. The molecule has 0 aliphatic rings. The van der Waals surface area contributed by atoms with Crippen molar-refractivity contribution in [1.29, 1.82) is 0 Å². The van der Waals surface area contributed by atoms with Gasteiger partial charge >= 0.3 is 0 Å². The molecule has 2 N–H and O–H groups in total. The number of carbonyl (C=O) groups excluding carboxylic acids is 2. The van der Waals surface area contributed by atoms with Crippen LogP contribution in [-0.2, 0) is 15.3 Å². The minimum Gasteiger partial charge on any atom is -0.326 e. The predicted molar refractivity (Wildman–Crippen MR) is 111 cm³/mol. The van der Waals surface area contributed by atoms with E-state index in [1.807, 2.05) is 43.3 Å². The van der Waals surface area contributed by atoms with Gasteiger partial charge in [-0.3, -0.25) is 9.59 Å². The number of carbonyl (C=O) groups is 2. The van der Waals surface area contributed by atoms with Crippen LogP contribution in [0.25, 0.3) is 0 Å². The summed E-state index contributed by atoms with van der Waals surface area (Å²) in [5.74, 6) is 0.847. The van der Waals surface area contributed by atoms with E-state index in [-0.39, 0.29) is 11.8 Å². The van der Waals surface area contributed by atoms with Gasteiger partial charge in [-0.25, -0.2) is 5.43 Å². The number of hydrazone groups is 1. The molecule has 5 nitrogen and oxygen atoms in total. The maximum Gasteiger partial charge on any atom is 0.250 e. The first-order chi connectivity index (χ1) is 12.4. The number of hydrogen-bond acceptors (Lipinski definition) is 4. The summed E-state index contributed by atoms with van der Waals surface area (Å²) in [6, 6.07) is 15.3. The highest BCUT2D eigenvalue weighted by molar-refractivity contribution is 9.10. The van der Waals surface area contributed by atoms with Crippen molar-refractivity contribution in [1.82, 2.24) is 5.43 Å². The molecule has 2 amide bonds. The van der Waals surface area contributed by atoms with Crippen molar-refractivity contribution in [2.45, 2.75) is 19.6 Å². The fourth-order valence-electron chi connectivity index (χ4n) is 2.13. The minimum atomic E-state index is -0.140. The van der Waals surface area contributed by atoms with Crippen LogP contribution >= 0.6 is 27.7 Å². The number of thioether (sulfide) groups is 1. The summed E-state index contributed by atoms with van der Waals surface area (Å²) in [6.07, 6.45) is 0. The van der Waals surface area contributed by atoms with Crippen molar-refractivity contribution in [3.8, 4) is 0 Å². The lowest BCUT2D eigenvalue weighted by molar-refractivity contribution is -0.118. The fourth-order valence-corrected chi connectivity index (χ4v) is 3.34. The molecule has 0 aliphatic carbocycles. The van der Waals surface area contributed by atoms with Crippen molar-refractivity contribution in [3.63, 3.8) is 0 Å². The maximum atomic E-state index is 11.9. The van der Waals surface area contributed by atoms with Crippen molar-refractivity contribution in [2.75, 3.05) is 11.1 Å². The van der Waals surface area contributed by atoms with Crippen LogP contribution in [0, 0.1) is 0 Å². The molecular weight excluding hydrogens is 414 g/mol. The summed E-state index contributed by atoms with van der Waals surface area (Å²) in [6.45, 7) is 3.28. The lowest BCUT2D eigenvalue weighted by atomic mass is 10.1. The van der Waals surface area contributed by atoms with Gasteiger partial charge < -0.3 is 5.32 Å². The van der Waals surface area contributed by atoms with Gasteiger partial charge in [-0.05, 0) is 42.3 Å². The molecule has 0 unspecified atom stereocenters. The van der Waals surface area contributed by atoms with E-state index >= 15 is 0 Å². The van der Waals surface area contributed by atoms with Gasteiger partial charge in [-0.15, -0.1) is 11.8 Å². The molecule has 2 aromatic carbocycles. The van der Waals surface area contributed by atoms with Gasteiger partial charge in [0.25, 0.3) is 0 Å². The van der Waals surface area contributed by atoms with E-state index < -0.39 is 0 Å². The molecule has 0 bridgehead atoms. The Hall–Kier alpha value is -2.12. The van der Waals surface area contributed by atoms with Crippen LogP contribution in [0.2, 0.25) is 0 Å². The summed E-state index contributed by atoms with van der Waals surface area (Å²) in [7, 11) is 0. The van der Waals surface area contributed by atoms with Crippen LogP contribution in [0.15, 0.2) is 58.1 Å². The normalized spacial score (nSPS) is 11.1. The molecule has 0 saturated heterocycles. The zero-order chi connectivity index (χ0) is 18.9. The SMILES string of the molecule is CC(=O)Nc1ccc(/C(C)=N\NC(=O)CSCc2cccc(Br)c2)cc1. The lowest BCUT2D eigenvalue weighted by Crippen LogP contribution is -2.21. The van der Waals surface area contributed by atoms with Crippen LogP contribution in [0.1, 0.15) is 25.0 Å². The second-order valence-electron chi connectivity index (χ2n) is 5.61. The van der Waals surface area contributed by atoms with E-state index in [1.165, 1.54) is 18.7 Å². The molecule has 26 heavy (non-hydrogen) atoms. The predicted octanol–water partition coefficient (Wildman–Crippen LogP) is 4.18. The molecule has 136 valence electrons. The Balaban J connectivity index is 1.80. The molecule has 0 aromatic heterocycles. The van der Waals surface area contributed by atoms with Crippen molar-refractivity contribution in [2.24, 2.45) is 5.10 Å². The van der Waals surface area contributed by atoms with Gasteiger partial charge in [-0.1, -0.05) is 40.2 Å². The highest BCUT2D eigenvalue weighted by atomic mass is 79.9. The van der Waals surface area contributed by atoms with Crippen molar-refractivity contribution >= 4 is 50.9 Å². The second-order valence-corrected chi connectivity index (χ2v) is 7.51. The second kappa shape index (κ2) is 10.1. The average molecular weight is 434 g/mol. The topological polar surface area (TPSA) is 70.6 Å². The number of amides is 2. The Kier molecular flexibility index (Phi) is 7.87. The lowest BCUT2D eigenvalue weighted by Gasteiger charge is -2.05. The van der Waals surface area contributed by atoms with Crippen LogP contribution in [-0.4, -0.2) is 23.3 Å². The summed E-state index contributed by atoms with van der Waals surface area (Å²) >= 11 is 4.97. The number of benzene rings is 2. The van der Waals surface area contributed by atoms with E-state index in [0.717, 1.165) is 27.0 Å². The molecule has 0 radical (unpaired) electrons. The van der Waals surface area contributed by atoms with E-state index in [4.69, 9.17) is 0 Å². The van der Waals surface area contributed by atoms with E-state index in [9.17, 15) is 9.59 Å². The molecule has 0 heterocycles. The van der Waals surface area contributed by atoms with Crippen LogP contribution in [0.4, 0.5) is 5.69 Å². The molecule has 0 aliphatic heterocycles. The summed E-state index contributed by atoms with van der Waals surface area (Å²) in [4.78, 5) is 22.9. The van der Waals surface area contributed by atoms with Gasteiger partial charge in [0, 0.05) is 22.8 Å². The molecular formula is C19H20BrN3O2S. The van der Waals surface area contributed by atoms with Crippen LogP contribution in [0.5, 0.6) is 0 Å². The summed E-state index contributed by atoms with van der Waals surface area (Å²) in [5.41, 5.74) is 6.04. The first-order valence-corrected chi connectivity index (χ1v) is 9.92. The molecule has 0 atom stereocenters. The molecule has 2 rings (SSSR count). The molecule has 0 fully saturated rings. The zero-order valence-corrected chi connectivity index (χ0v) is 17.0. The quantitative estimate of drug-likeness (QED) is 0.508. The summed E-state index contributed by atoms with van der Waals surface area (Å²) in [5, 5.41) is 6.84. The number of anilines is 1. The van der Waals surface area contributed by atoms with E-state index in [1.54, 1.807) is 12.1 Å². The number of rotatable bonds is 7. The smallest absolute Gasteiger partial charge is 0.250 e. The first kappa shape index (κ1) is 20.2. The standard InChI is InChI=1S/C19H20BrN3O2S/c1-13(16-6-8-18(9-7-16)21-14(2)24)22-23-19(25)12-26-11-15-4-3-5-17(20)10-15/h3-10H,11-12H2,1-2H3,(H,21,24)(H,23,25)/b22-13-. The number of halogens is 1. The van der Waals surface area contributed by atoms with E-state index in [0.29, 0.717) is 11.5 Å². The van der Waals surface area contributed by atoms with Crippen LogP contribution < -0.4 is 10.7 Å². The Morgan fingerprint density at radius 2 is 1.85 bits per heavy atom. The third-order valence-corrected chi connectivity index (χ3v) is 4.86. The highest BCUT2D eigenvalue weighted by Gasteiger charge is 2.03. The molecule has 0 spiro atoms. The molecule has 0 saturated carbocycles. The Labute approximate surface area is 165 Å². The molecule has 2 aromatic rings. The minimum absolute atomic E-state index is 0.115. The Morgan fingerprint density at radius 1 is 1.12 bits per heavy atom. The third kappa shape index (κ3) is 7.01. The Bertz CT molecular complexity index is 807. The average Bonchev–Trinajstić information content (AvgIpc) is 2.60. The van der Waals surface area contributed by atoms with Gasteiger partial charge in [0.15, 0.2) is 0 Å². The largest absolute Gasteiger partial charge is 0.326 e. The number of nitrogens with one attached hydrogen (secondary N) is 2. The number of hydrogen-bond donors (Lipinski definition) is 2. The van der Waals surface area contributed by atoms with Crippen LogP contribution in [0.3, 0.4) is 0 Å². The maximum absolute atomic E-state index is 11.9. The first-order valence-electron chi connectivity index (χ1n) is 7.97. The number of nitrogens with zero attached hydrogens (tertiary/aromatic N) is 1. The van der Waals surface area contributed by atoms with Gasteiger partial charge in [-0.2, -0.15) is 5.10 Å². The third-order valence-electron chi connectivity index (χ3n) is 3.36. The Morgan fingerprint density at radius 3 is 2.50 bits per heavy atom. The van der Waals surface area contributed by atoms with E-state index in [2.05, 4.69) is 31.8 Å². The van der Waals surface area contributed by atoms with Crippen molar-refractivity contribution in [3.05, 3.63) is 64.1 Å². The monoisotopic (exact) mass is 433 g/mol. The van der Waals surface area contributed by atoms with Gasteiger partial charge in [0.2, 0.25) is 11.8 Å². The fraction of sp³-hybridized carbons (Fsp3) is 0.211. The highest BCUT2D eigenvalue weighted by Crippen LogP contribution is 2.17. The summed E-state index contributed by atoms with van der Waals surface area (Å²) < 4.78 is 1.03.